The number of anilines is 1. The quantitative estimate of drug-likeness (QED) is 0.737. The number of hydrogen-bond donors (Lipinski definition) is 3. The van der Waals surface area contributed by atoms with Crippen LogP contribution in [0.2, 0.25) is 0 Å². The molecule has 0 spiro atoms. The molecule has 0 aliphatic heterocycles. The number of rotatable bonds is 4. The highest BCUT2D eigenvalue weighted by Crippen LogP contribution is 2.11. The van der Waals surface area contributed by atoms with Crippen molar-refractivity contribution in [1.29, 1.82) is 0 Å². The van der Waals surface area contributed by atoms with Gasteiger partial charge < -0.3 is 11.1 Å². The number of nitrogens with one attached hydrogen (secondary N) is 2. The van der Waals surface area contributed by atoms with Crippen molar-refractivity contribution in [3.8, 4) is 0 Å². The summed E-state index contributed by atoms with van der Waals surface area (Å²) in [6.45, 7) is 6.92. The zero-order chi connectivity index (χ0) is 15.6. The van der Waals surface area contributed by atoms with Gasteiger partial charge in [0.25, 0.3) is 0 Å². The van der Waals surface area contributed by atoms with Crippen LogP contribution >= 0.6 is 0 Å². The first-order valence-corrected chi connectivity index (χ1v) is 7.55. The van der Waals surface area contributed by atoms with Gasteiger partial charge in [-0.1, -0.05) is 0 Å². The number of hydrogen-bond acceptors (Lipinski definition) is 5. The summed E-state index contributed by atoms with van der Waals surface area (Å²) < 4.78 is 26.5. The summed E-state index contributed by atoms with van der Waals surface area (Å²) in [6, 6.07) is 1.65. The SMILES string of the molecule is CC(NS(=O)(=O)c1ccnc(N)c1)C(=O)NC(C)(C)C. The monoisotopic (exact) mass is 300 g/mol. The van der Waals surface area contributed by atoms with Gasteiger partial charge in [0.1, 0.15) is 5.82 Å². The maximum Gasteiger partial charge on any atom is 0.241 e. The third-order valence-electron chi connectivity index (χ3n) is 2.29. The lowest BCUT2D eigenvalue weighted by Crippen LogP contribution is -2.50. The fraction of sp³-hybridized carbons (Fsp3) is 0.500. The van der Waals surface area contributed by atoms with Gasteiger partial charge in [-0.3, -0.25) is 4.79 Å². The standard InChI is InChI=1S/C12H20N4O3S/c1-8(11(17)15-12(2,3)4)16-20(18,19)9-5-6-14-10(13)7-9/h5-8,16H,1-4H3,(H2,13,14)(H,15,17). The molecule has 0 aliphatic carbocycles. The van der Waals surface area contributed by atoms with Gasteiger partial charge in [0, 0.05) is 17.8 Å². The van der Waals surface area contributed by atoms with E-state index in [4.69, 9.17) is 5.73 Å². The topological polar surface area (TPSA) is 114 Å². The molecule has 8 heteroatoms. The molecule has 1 heterocycles. The van der Waals surface area contributed by atoms with E-state index < -0.39 is 27.5 Å². The highest BCUT2D eigenvalue weighted by Gasteiger charge is 2.24. The Morgan fingerprint density at radius 1 is 1.40 bits per heavy atom. The first kappa shape index (κ1) is 16.4. The van der Waals surface area contributed by atoms with E-state index in [-0.39, 0.29) is 10.7 Å². The number of carbonyl (C=O) groups is 1. The Balaban J connectivity index is 2.84. The number of carbonyl (C=O) groups excluding carboxylic acids is 1. The van der Waals surface area contributed by atoms with Gasteiger partial charge >= 0.3 is 0 Å². The lowest BCUT2D eigenvalue weighted by Gasteiger charge is -2.23. The Bertz CT molecular complexity index is 593. The first-order chi connectivity index (χ1) is 9.01. The molecule has 20 heavy (non-hydrogen) atoms. The molecule has 0 fully saturated rings. The van der Waals surface area contributed by atoms with Gasteiger partial charge in [-0.25, -0.2) is 13.4 Å². The van der Waals surface area contributed by atoms with E-state index in [1.54, 1.807) is 0 Å². The molecule has 1 aromatic rings. The summed E-state index contributed by atoms with van der Waals surface area (Å²) in [5, 5.41) is 2.70. The number of pyridine rings is 1. The molecule has 1 unspecified atom stereocenters. The molecule has 1 atom stereocenters. The van der Waals surface area contributed by atoms with Crippen molar-refractivity contribution in [2.45, 2.75) is 44.2 Å². The van der Waals surface area contributed by atoms with Gasteiger partial charge in [-0.2, -0.15) is 4.72 Å². The Morgan fingerprint density at radius 3 is 2.50 bits per heavy atom. The predicted octanol–water partition coefficient (Wildman–Crippen LogP) is 0.245. The van der Waals surface area contributed by atoms with Crippen LogP contribution in [0.5, 0.6) is 0 Å². The fourth-order valence-corrected chi connectivity index (χ4v) is 2.65. The van der Waals surface area contributed by atoms with Crippen LogP contribution in [0.3, 0.4) is 0 Å². The third kappa shape index (κ3) is 4.78. The van der Waals surface area contributed by atoms with Gasteiger partial charge in [0.05, 0.1) is 10.9 Å². The largest absolute Gasteiger partial charge is 0.384 e. The molecule has 0 saturated carbocycles. The van der Waals surface area contributed by atoms with Gasteiger partial charge in [-0.05, 0) is 33.8 Å². The van der Waals surface area contributed by atoms with Gasteiger partial charge in [0.2, 0.25) is 15.9 Å². The van der Waals surface area contributed by atoms with Crippen molar-refractivity contribution in [2.75, 3.05) is 5.73 Å². The third-order valence-corrected chi connectivity index (χ3v) is 3.82. The van der Waals surface area contributed by atoms with Gasteiger partial charge in [-0.15, -0.1) is 0 Å². The van der Waals surface area contributed by atoms with Gasteiger partial charge in [0.15, 0.2) is 0 Å². The zero-order valence-corrected chi connectivity index (χ0v) is 12.8. The average Bonchev–Trinajstić information content (AvgIpc) is 2.26. The van der Waals surface area contributed by atoms with Crippen molar-refractivity contribution in [3.63, 3.8) is 0 Å². The summed E-state index contributed by atoms with van der Waals surface area (Å²) >= 11 is 0. The predicted molar refractivity (Wildman–Crippen MR) is 76.3 cm³/mol. The molecule has 7 nitrogen and oxygen atoms in total. The number of nitrogens with two attached hydrogens (primary N) is 1. The number of amides is 1. The molecule has 112 valence electrons. The van der Waals surface area contributed by atoms with Crippen LogP contribution in [0.15, 0.2) is 23.2 Å². The highest BCUT2D eigenvalue weighted by molar-refractivity contribution is 7.89. The highest BCUT2D eigenvalue weighted by atomic mass is 32.2. The molecule has 0 saturated heterocycles. The second-order valence-corrected chi connectivity index (χ2v) is 7.21. The van der Waals surface area contributed by atoms with Crippen molar-refractivity contribution in [3.05, 3.63) is 18.3 Å². The van der Waals surface area contributed by atoms with Crippen LogP contribution in [0.4, 0.5) is 5.82 Å². The van der Waals surface area contributed by atoms with Crippen LogP contribution < -0.4 is 15.8 Å². The maximum absolute atomic E-state index is 12.1. The Hall–Kier alpha value is -1.67. The molecule has 1 rings (SSSR count). The number of nitrogen functional groups attached to an aromatic ring is 1. The maximum atomic E-state index is 12.1. The molecular weight excluding hydrogens is 280 g/mol. The summed E-state index contributed by atoms with van der Waals surface area (Å²) in [6.07, 6.45) is 1.30. The van der Waals surface area contributed by atoms with Crippen molar-refractivity contribution in [2.24, 2.45) is 0 Å². The molecular formula is C12H20N4O3S. The molecule has 1 aromatic heterocycles. The Kier molecular flexibility index (Phi) is 4.72. The van der Waals surface area contributed by atoms with E-state index in [0.717, 1.165) is 0 Å². The molecule has 0 bridgehead atoms. The number of aromatic nitrogens is 1. The molecule has 0 aromatic carbocycles. The lowest BCUT2D eigenvalue weighted by molar-refractivity contribution is -0.123. The van der Waals surface area contributed by atoms with Crippen molar-refractivity contribution < 1.29 is 13.2 Å². The van der Waals surface area contributed by atoms with E-state index in [2.05, 4.69) is 15.0 Å². The zero-order valence-electron chi connectivity index (χ0n) is 12.0. The molecule has 0 aliphatic rings. The smallest absolute Gasteiger partial charge is 0.241 e. The fourth-order valence-electron chi connectivity index (χ4n) is 1.43. The van der Waals surface area contributed by atoms with Crippen LogP contribution in [0, 0.1) is 0 Å². The lowest BCUT2D eigenvalue weighted by atomic mass is 10.1. The second kappa shape index (κ2) is 5.76. The first-order valence-electron chi connectivity index (χ1n) is 6.07. The average molecular weight is 300 g/mol. The number of nitrogens with zero attached hydrogens (tertiary/aromatic N) is 1. The molecule has 4 N–H and O–H groups in total. The van der Waals surface area contributed by atoms with E-state index >= 15 is 0 Å². The normalized spacial score (nSPS) is 13.8. The Morgan fingerprint density at radius 2 is 2.00 bits per heavy atom. The van der Waals surface area contributed by atoms with Crippen LogP contribution in [-0.2, 0) is 14.8 Å². The van der Waals surface area contributed by atoms with Crippen molar-refractivity contribution in [1.82, 2.24) is 15.0 Å². The van der Waals surface area contributed by atoms with E-state index in [9.17, 15) is 13.2 Å². The van der Waals surface area contributed by atoms with E-state index in [0.29, 0.717) is 0 Å². The summed E-state index contributed by atoms with van der Waals surface area (Å²) in [7, 11) is -3.81. The van der Waals surface area contributed by atoms with E-state index in [1.165, 1.54) is 25.3 Å². The van der Waals surface area contributed by atoms with Crippen LogP contribution in [0.1, 0.15) is 27.7 Å². The Labute approximate surface area is 119 Å². The summed E-state index contributed by atoms with van der Waals surface area (Å²) in [4.78, 5) is 15.6. The summed E-state index contributed by atoms with van der Waals surface area (Å²) in [5.41, 5.74) is 5.01. The van der Waals surface area contributed by atoms with Crippen LogP contribution in [0.25, 0.3) is 0 Å². The van der Waals surface area contributed by atoms with Crippen molar-refractivity contribution >= 4 is 21.7 Å². The second-order valence-electron chi connectivity index (χ2n) is 5.50. The number of sulfonamides is 1. The molecule has 0 radical (unpaired) electrons. The van der Waals surface area contributed by atoms with Crippen LogP contribution in [-0.4, -0.2) is 30.9 Å². The van der Waals surface area contributed by atoms with E-state index in [1.807, 2.05) is 20.8 Å². The minimum absolute atomic E-state index is 0.0274. The summed E-state index contributed by atoms with van der Waals surface area (Å²) in [5.74, 6) is -0.303. The molecule has 1 amide bonds. The minimum atomic E-state index is -3.81. The minimum Gasteiger partial charge on any atom is -0.384 e.